The summed E-state index contributed by atoms with van der Waals surface area (Å²) in [6.45, 7) is 6.25. The van der Waals surface area contributed by atoms with Crippen molar-refractivity contribution in [3.8, 4) is 12.3 Å². The summed E-state index contributed by atoms with van der Waals surface area (Å²) in [6.07, 6.45) is 8.62. The van der Waals surface area contributed by atoms with Crippen molar-refractivity contribution < 1.29 is 4.84 Å². The zero-order valence-electron chi connectivity index (χ0n) is 10.9. The molecule has 1 rings (SSSR count). The standard InChI is InChI=1S/C12H19N5O/c1-4-7-17(8-5-2)12-14-10-13-11(15-12)16-18-9-6-3/h3,10H,4-5,7-9H2,1-2H3,(H,13,14,15,16). The summed E-state index contributed by atoms with van der Waals surface area (Å²) in [6, 6.07) is 0. The molecule has 0 aliphatic heterocycles. The Morgan fingerprint density at radius 2 is 2.06 bits per heavy atom. The van der Waals surface area contributed by atoms with E-state index in [1.165, 1.54) is 6.33 Å². The van der Waals surface area contributed by atoms with Crippen LogP contribution in [0.25, 0.3) is 0 Å². The second-order valence-electron chi connectivity index (χ2n) is 3.69. The molecule has 0 aliphatic rings. The van der Waals surface area contributed by atoms with Crippen LogP contribution in [0.5, 0.6) is 0 Å². The first-order chi connectivity index (χ1) is 8.81. The molecule has 1 aromatic rings. The van der Waals surface area contributed by atoms with E-state index in [1.54, 1.807) is 0 Å². The molecular formula is C12H19N5O. The van der Waals surface area contributed by atoms with E-state index in [2.05, 4.69) is 45.1 Å². The Hall–Kier alpha value is -1.87. The van der Waals surface area contributed by atoms with E-state index in [4.69, 9.17) is 11.3 Å². The third kappa shape index (κ3) is 4.55. The summed E-state index contributed by atoms with van der Waals surface area (Å²) in [5, 5.41) is 0. The molecule has 1 N–H and O–H groups in total. The van der Waals surface area contributed by atoms with Gasteiger partial charge in [-0.2, -0.15) is 9.97 Å². The summed E-state index contributed by atoms with van der Waals surface area (Å²) in [4.78, 5) is 19.5. The third-order valence-corrected chi connectivity index (χ3v) is 2.15. The Labute approximate surface area is 108 Å². The molecule has 6 heteroatoms. The monoisotopic (exact) mass is 249 g/mol. The summed E-state index contributed by atoms with van der Waals surface area (Å²) in [7, 11) is 0. The van der Waals surface area contributed by atoms with Gasteiger partial charge >= 0.3 is 0 Å². The Kier molecular flexibility index (Phi) is 6.51. The molecule has 0 unspecified atom stereocenters. The van der Waals surface area contributed by atoms with E-state index < -0.39 is 0 Å². The van der Waals surface area contributed by atoms with Crippen LogP contribution in [0.4, 0.5) is 11.9 Å². The van der Waals surface area contributed by atoms with Gasteiger partial charge in [0.05, 0.1) is 0 Å². The fourth-order valence-electron chi connectivity index (χ4n) is 1.48. The van der Waals surface area contributed by atoms with Gasteiger partial charge in [-0.05, 0) is 12.8 Å². The van der Waals surface area contributed by atoms with Crippen LogP contribution in [0, 0.1) is 12.3 Å². The quantitative estimate of drug-likeness (QED) is 0.428. The first kappa shape index (κ1) is 14.2. The number of anilines is 2. The molecule has 98 valence electrons. The van der Waals surface area contributed by atoms with Crippen molar-refractivity contribution in [3.63, 3.8) is 0 Å². The highest BCUT2D eigenvalue weighted by atomic mass is 16.6. The average molecular weight is 249 g/mol. The summed E-state index contributed by atoms with van der Waals surface area (Å²) >= 11 is 0. The minimum atomic E-state index is 0.161. The molecule has 0 saturated heterocycles. The Bertz CT molecular complexity index is 384. The van der Waals surface area contributed by atoms with Gasteiger partial charge in [0.2, 0.25) is 5.95 Å². The van der Waals surface area contributed by atoms with Crippen LogP contribution in [0.3, 0.4) is 0 Å². The summed E-state index contributed by atoms with van der Waals surface area (Å²) in [5.74, 6) is 3.37. The molecule has 0 aliphatic carbocycles. The number of nitrogens with one attached hydrogen (secondary N) is 1. The fraction of sp³-hybridized carbons (Fsp3) is 0.583. The second-order valence-corrected chi connectivity index (χ2v) is 3.69. The topological polar surface area (TPSA) is 63.2 Å². The van der Waals surface area contributed by atoms with E-state index in [1.807, 2.05) is 0 Å². The molecule has 0 amide bonds. The van der Waals surface area contributed by atoms with E-state index in [0.717, 1.165) is 25.9 Å². The molecule has 18 heavy (non-hydrogen) atoms. The smallest absolute Gasteiger partial charge is 0.251 e. The van der Waals surface area contributed by atoms with Gasteiger partial charge in [-0.15, -0.1) is 6.42 Å². The van der Waals surface area contributed by atoms with Crippen LogP contribution in [0.15, 0.2) is 6.33 Å². The van der Waals surface area contributed by atoms with Gasteiger partial charge in [0.15, 0.2) is 0 Å². The minimum Gasteiger partial charge on any atom is -0.341 e. The predicted molar refractivity (Wildman–Crippen MR) is 71.0 cm³/mol. The van der Waals surface area contributed by atoms with Gasteiger partial charge < -0.3 is 4.90 Å². The van der Waals surface area contributed by atoms with Crippen LogP contribution in [0.1, 0.15) is 26.7 Å². The van der Waals surface area contributed by atoms with Crippen molar-refractivity contribution in [1.82, 2.24) is 15.0 Å². The molecule has 0 saturated carbocycles. The minimum absolute atomic E-state index is 0.161. The van der Waals surface area contributed by atoms with Crippen molar-refractivity contribution >= 4 is 11.9 Å². The molecule has 6 nitrogen and oxygen atoms in total. The third-order valence-electron chi connectivity index (χ3n) is 2.15. The van der Waals surface area contributed by atoms with E-state index >= 15 is 0 Å². The molecular weight excluding hydrogens is 230 g/mol. The van der Waals surface area contributed by atoms with Crippen LogP contribution < -0.4 is 10.4 Å². The lowest BCUT2D eigenvalue weighted by Gasteiger charge is -2.21. The molecule has 1 aromatic heterocycles. The Balaban J connectivity index is 2.69. The molecule has 1 heterocycles. The SMILES string of the molecule is C#CCONc1ncnc(N(CCC)CCC)n1. The van der Waals surface area contributed by atoms with Crippen molar-refractivity contribution in [2.24, 2.45) is 0 Å². The van der Waals surface area contributed by atoms with Gasteiger partial charge in [0.25, 0.3) is 5.95 Å². The van der Waals surface area contributed by atoms with Crippen LogP contribution >= 0.6 is 0 Å². The predicted octanol–water partition coefficient (Wildman–Crippen LogP) is 1.47. The van der Waals surface area contributed by atoms with Gasteiger partial charge in [0.1, 0.15) is 12.9 Å². The maximum atomic E-state index is 5.07. The number of rotatable bonds is 8. The van der Waals surface area contributed by atoms with Crippen molar-refractivity contribution in [2.45, 2.75) is 26.7 Å². The maximum Gasteiger partial charge on any atom is 0.251 e. The lowest BCUT2D eigenvalue weighted by atomic mass is 10.4. The molecule has 0 atom stereocenters. The molecule has 0 bridgehead atoms. The number of nitrogens with zero attached hydrogens (tertiary/aromatic N) is 4. The maximum absolute atomic E-state index is 5.07. The first-order valence-corrected chi connectivity index (χ1v) is 6.07. The number of hydrogen-bond donors (Lipinski definition) is 1. The van der Waals surface area contributed by atoms with Gasteiger partial charge in [0, 0.05) is 13.1 Å². The van der Waals surface area contributed by atoms with E-state index in [0.29, 0.717) is 11.9 Å². The molecule has 0 spiro atoms. The summed E-state index contributed by atoms with van der Waals surface area (Å²) in [5.41, 5.74) is 2.59. The van der Waals surface area contributed by atoms with Crippen molar-refractivity contribution in [1.29, 1.82) is 0 Å². The van der Waals surface area contributed by atoms with Crippen molar-refractivity contribution in [3.05, 3.63) is 6.33 Å². The lowest BCUT2D eigenvalue weighted by molar-refractivity contribution is 0.230. The first-order valence-electron chi connectivity index (χ1n) is 6.07. The van der Waals surface area contributed by atoms with E-state index in [-0.39, 0.29) is 6.61 Å². The zero-order chi connectivity index (χ0) is 13.2. The van der Waals surface area contributed by atoms with Gasteiger partial charge in [-0.3, -0.25) is 4.84 Å². The highest BCUT2D eigenvalue weighted by molar-refractivity contribution is 5.34. The molecule has 0 aromatic carbocycles. The number of hydrogen-bond acceptors (Lipinski definition) is 6. The average Bonchev–Trinajstić information content (AvgIpc) is 2.39. The van der Waals surface area contributed by atoms with Crippen LogP contribution in [-0.2, 0) is 4.84 Å². The summed E-state index contributed by atoms with van der Waals surface area (Å²) < 4.78 is 0. The molecule has 0 radical (unpaired) electrons. The normalized spacial score (nSPS) is 9.83. The zero-order valence-corrected chi connectivity index (χ0v) is 10.9. The van der Waals surface area contributed by atoms with Crippen LogP contribution in [-0.4, -0.2) is 34.6 Å². The van der Waals surface area contributed by atoms with Crippen LogP contribution in [0.2, 0.25) is 0 Å². The molecule has 0 fully saturated rings. The number of aromatic nitrogens is 3. The highest BCUT2D eigenvalue weighted by Crippen LogP contribution is 2.09. The van der Waals surface area contributed by atoms with Gasteiger partial charge in [-0.1, -0.05) is 19.8 Å². The lowest BCUT2D eigenvalue weighted by Crippen LogP contribution is -2.27. The second kappa shape index (κ2) is 8.25. The number of terminal acetylenes is 1. The van der Waals surface area contributed by atoms with Gasteiger partial charge in [-0.25, -0.2) is 10.5 Å². The van der Waals surface area contributed by atoms with E-state index in [9.17, 15) is 0 Å². The fourth-order valence-corrected chi connectivity index (χ4v) is 1.48. The highest BCUT2D eigenvalue weighted by Gasteiger charge is 2.08. The Morgan fingerprint density at radius 1 is 1.33 bits per heavy atom. The largest absolute Gasteiger partial charge is 0.341 e. The Morgan fingerprint density at radius 3 is 2.67 bits per heavy atom. The van der Waals surface area contributed by atoms with Crippen molar-refractivity contribution in [2.75, 3.05) is 30.1 Å².